The first-order valence-corrected chi connectivity index (χ1v) is 10.1. The third-order valence-corrected chi connectivity index (χ3v) is 5.99. The van der Waals surface area contributed by atoms with Crippen LogP contribution in [0.2, 0.25) is 10.0 Å². The molecule has 0 saturated heterocycles. The summed E-state index contributed by atoms with van der Waals surface area (Å²) in [6.45, 7) is 1.97. The predicted octanol–water partition coefficient (Wildman–Crippen LogP) is 3.97. The summed E-state index contributed by atoms with van der Waals surface area (Å²) >= 11 is 12.7. The zero-order valence-corrected chi connectivity index (χ0v) is 18.2. The Kier molecular flexibility index (Phi) is 5.56. The summed E-state index contributed by atoms with van der Waals surface area (Å²) in [5.41, 5.74) is 6.97. The molecule has 0 saturated carbocycles. The van der Waals surface area contributed by atoms with Crippen LogP contribution in [0.4, 0.5) is 0 Å². The molecule has 160 valence electrons. The molecule has 9 heteroatoms. The minimum absolute atomic E-state index is 0.0235. The average Bonchev–Trinajstić information content (AvgIpc) is 3.25. The van der Waals surface area contributed by atoms with E-state index in [0.717, 1.165) is 0 Å². The van der Waals surface area contributed by atoms with Gasteiger partial charge in [0, 0.05) is 11.8 Å². The maximum atomic E-state index is 13.7. The van der Waals surface area contributed by atoms with Gasteiger partial charge in [-0.15, -0.1) is 0 Å². The number of aromatic nitrogens is 1. The molecule has 2 aromatic heterocycles. The second-order valence-electron chi connectivity index (χ2n) is 6.98. The molecule has 1 aliphatic heterocycles. The highest BCUT2D eigenvalue weighted by atomic mass is 35.5. The van der Waals surface area contributed by atoms with E-state index in [1.165, 1.54) is 17.9 Å². The Morgan fingerprint density at radius 2 is 2.03 bits per heavy atom. The molecular weight excluding hydrogens is 443 g/mol. The van der Waals surface area contributed by atoms with Crippen molar-refractivity contribution in [2.45, 2.75) is 19.4 Å². The highest BCUT2D eigenvalue weighted by molar-refractivity contribution is 6.42. The predicted molar refractivity (Wildman–Crippen MR) is 115 cm³/mol. The third-order valence-electron chi connectivity index (χ3n) is 5.16. The van der Waals surface area contributed by atoms with Gasteiger partial charge in [0.25, 0.3) is 5.56 Å². The van der Waals surface area contributed by atoms with Gasteiger partial charge in [0.2, 0.25) is 5.88 Å². The lowest BCUT2D eigenvalue weighted by Gasteiger charge is -2.29. The SMILES string of the molecule is COC(=O)C1=C(N)Oc2cc(C)n(Cc3ccco3)c(=O)c2C1c1cccc(Cl)c1Cl. The van der Waals surface area contributed by atoms with Crippen LogP contribution in [-0.2, 0) is 16.1 Å². The number of rotatable bonds is 4. The zero-order valence-electron chi connectivity index (χ0n) is 16.6. The van der Waals surface area contributed by atoms with Crippen molar-refractivity contribution < 1.29 is 18.7 Å². The molecule has 0 spiro atoms. The molecule has 1 unspecified atom stereocenters. The molecule has 4 rings (SSSR count). The van der Waals surface area contributed by atoms with Crippen LogP contribution in [0.25, 0.3) is 0 Å². The Hall–Kier alpha value is -3.16. The van der Waals surface area contributed by atoms with Gasteiger partial charge < -0.3 is 24.2 Å². The fourth-order valence-corrected chi connectivity index (χ4v) is 4.12. The number of aryl methyl sites for hydroxylation is 1. The van der Waals surface area contributed by atoms with E-state index in [4.69, 9.17) is 42.8 Å². The molecule has 2 N–H and O–H groups in total. The van der Waals surface area contributed by atoms with Gasteiger partial charge in [-0.2, -0.15) is 0 Å². The van der Waals surface area contributed by atoms with E-state index in [2.05, 4.69) is 0 Å². The Morgan fingerprint density at radius 1 is 1.26 bits per heavy atom. The quantitative estimate of drug-likeness (QED) is 0.591. The van der Waals surface area contributed by atoms with Gasteiger partial charge in [0.15, 0.2) is 0 Å². The van der Waals surface area contributed by atoms with Crippen LogP contribution in [0, 0.1) is 6.92 Å². The van der Waals surface area contributed by atoms with Crippen LogP contribution in [0.1, 0.15) is 28.5 Å². The number of carbonyl (C=O) groups excluding carboxylic acids is 1. The number of ether oxygens (including phenoxy) is 2. The average molecular weight is 461 g/mol. The molecule has 0 aliphatic carbocycles. The number of hydrogen-bond donors (Lipinski definition) is 1. The molecule has 7 nitrogen and oxygen atoms in total. The molecule has 3 aromatic rings. The van der Waals surface area contributed by atoms with Crippen molar-refractivity contribution in [3.8, 4) is 5.75 Å². The lowest BCUT2D eigenvalue weighted by atomic mass is 9.83. The monoisotopic (exact) mass is 460 g/mol. The van der Waals surface area contributed by atoms with E-state index in [9.17, 15) is 9.59 Å². The summed E-state index contributed by atoms with van der Waals surface area (Å²) in [5.74, 6) is -0.991. The number of methoxy groups -OCH3 is 1. The maximum Gasteiger partial charge on any atom is 0.340 e. The smallest absolute Gasteiger partial charge is 0.340 e. The third kappa shape index (κ3) is 3.60. The van der Waals surface area contributed by atoms with Crippen molar-refractivity contribution in [1.29, 1.82) is 0 Å². The minimum Gasteiger partial charge on any atom is -0.467 e. The molecule has 1 atom stereocenters. The van der Waals surface area contributed by atoms with Crippen molar-refractivity contribution in [3.05, 3.63) is 97.1 Å². The normalized spacial score (nSPS) is 15.4. The van der Waals surface area contributed by atoms with Crippen LogP contribution in [0.3, 0.4) is 0 Å². The molecule has 1 aromatic carbocycles. The standard InChI is InChI=1S/C22H18Cl2N2O5/c1-11-9-15-17(21(27)26(11)10-12-5-4-8-30-12)16(13-6-3-7-14(23)19(13)24)18(20(25)31-15)22(28)29-2/h3-9,16H,10,25H2,1-2H3. The molecule has 1 aliphatic rings. The number of fused-ring (bicyclic) bond motifs is 1. The molecule has 0 fully saturated rings. The van der Waals surface area contributed by atoms with Gasteiger partial charge in [0.05, 0.1) is 41.4 Å². The number of pyridine rings is 1. The summed E-state index contributed by atoms with van der Waals surface area (Å²) in [6, 6.07) is 10.2. The van der Waals surface area contributed by atoms with Crippen molar-refractivity contribution in [3.63, 3.8) is 0 Å². The lowest BCUT2D eigenvalue weighted by molar-refractivity contribution is -0.136. The Labute approximate surface area is 187 Å². The van der Waals surface area contributed by atoms with Crippen molar-refractivity contribution in [2.24, 2.45) is 5.73 Å². The second-order valence-corrected chi connectivity index (χ2v) is 7.77. The fraction of sp³-hybridized carbons (Fsp3) is 0.182. The number of benzene rings is 1. The van der Waals surface area contributed by atoms with Gasteiger partial charge in [-0.05, 0) is 30.7 Å². The number of nitrogens with two attached hydrogens (primary N) is 1. The van der Waals surface area contributed by atoms with Crippen molar-refractivity contribution >= 4 is 29.2 Å². The van der Waals surface area contributed by atoms with E-state index in [0.29, 0.717) is 17.0 Å². The van der Waals surface area contributed by atoms with Crippen LogP contribution in [-0.4, -0.2) is 17.6 Å². The Balaban J connectivity index is 2.00. The number of esters is 1. The second kappa shape index (κ2) is 8.17. The van der Waals surface area contributed by atoms with Crippen molar-refractivity contribution in [1.82, 2.24) is 4.57 Å². The van der Waals surface area contributed by atoms with E-state index in [1.807, 2.05) is 0 Å². The van der Waals surface area contributed by atoms with Crippen LogP contribution in [0.5, 0.6) is 5.75 Å². The van der Waals surface area contributed by atoms with Gasteiger partial charge in [-0.25, -0.2) is 4.79 Å². The number of halogens is 2. The lowest BCUT2D eigenvalue weighted by Crippen LogP contribution is -2.35. The first-order valence-electron chi connectivity index (χ1n) is 9.30. The Bertz CT molecular complexity index is 1260. The van der Waals surface area contributed by atoms with E-state index in [-0.39, 0.29) is 44.9 Å². The molecule has 0 amide bonds. The maximum absolute atomic E-state index is 13.7. The van der Waals surface area contributed by atoms with Gasteiger partial charge in [-0.3, -0.25) is 4.79 Å². The largest absolute Gasteiger partial charge is 0.467 e. The summed E-state index contributed by atoms with van der Waals surface area (Å²) in [4.78, 5) is 26.3. The number of furan rings is 1. The summed E-state index contributed by atoms with van der Waals surface area (Å²) in [5, 5.41) is 0.479. The van der Waals surface area contributed by atoms with Crippen LogP contribution >= 0.6 is 23.2 Å². The van der Waals surface area contributed by atoms with E-state index >= 15 is 0 Å². The minimum atomic E-state index is -0.932. The highest BCUT2D eigenvalue weighted by Crippen LogP contribution is 2.44. The van der Waals surface area contributed by atoms with Crippen molar-refractivity contribution in [2.75, 3.05) is 7.11 Å². The first kappa shape index (κ1) is 21.1. The van der Waals surface area contributed by atoms with Gasteiger partial charge >= 0.3 is 5.97 Å². The van der Waals surface area contributed by atoms with E-state index < -0.39 is 11.9 Å². The molecule has 31 heavy (non-hydrogen) atoms. The van der Waals surface area contributed by atoms with Crippen LogP contribution in [0.15, 0.2) is 63.3 Å². The number of carbonyl (C=O) groups is 1. The summed E-state index contributed by atoms with van der Waals surface area (Å²) in [6.07, 6.45) is 1.53. The van der Waals surface area contributed by atoms with Gasteiger partial charge in [-0.1, -0.05) is 35.3 Å². The topological polar surface area (TPSA) is 96.7 Å². The highest BCUT2D eigenvalue weighted by Gasteiger charge is 2.39. The summed E-state index contributed by atoms with van der Waals surface area (Å²) in [7, 11) is 1.22. The molecule has 0 radical (unpaired) electrons. The zero-order chi connectivity index (χ0) is 22.3. The first-order chi connectivity index (χ1) is 14.8. The van der Waals surface area contributed by atoms with E-state index in [1.54, 1.807) is 43.3 Å². The summed E-state index contributed by atoms with van der Waals surface area (Å²) < 4.78 is 17.5. The Morgan fingerprint density at radius 3 is 2.71 bits per heavy atom. The fourth-order valence-electron chi connectivity index (χ4n) is 3.70. The number of hydrogen-bond acceptors (Lipinski definition) is 6. The number of nitrogens with zero attached hydrogens (tertiary/aromatic N) is 1. The molecule has 3 heterocycles. The molecule has 0 bridgehead atoms. The van der Waals surface area contributed by atoms with Crippen LogP contribution < -0.4 is 16.0 Å². The molecular formula is C22H18Cl2N2O5. The van der Waals surface area contributed by atoms with Gasteiger partial charge in [0.1, 0.15) is 17.1 Å².